The maximum absolute atomic E-state index is 13.1. The van der Waals surface area contributed by atoms with Gasteiger partial charge >= 0.3 is 5.97 Å². The van der Waals surface area contributed by atoms with Crippen LogP contribution in [-0.4, -0.2) is 39.8 Å². The van der Waals surface area contributed by atoms with Gasteiger partial charge in [0, 0.05) is 11.4 Å². The molecule has 4 rings (SSSR count). The highest BCUT2D eigenvalue weighted by atomic mass is 16.5. The van der Waals surface area contributed by atoms with Gasteiger partial charge in [-0.2, -0.15) is 10.1 Å². The molecule has 0 unspecified atom stereocenters. The summed E-state index contributed by atoms with van der Waals surface area (Å²) in [5.41, 5.74) is 4.80. The van der Waals surface area contributed by atoms with Crippen LogP contribution in [0.25, 0.3) is 0 Å². The lowest BCUT2D eigenvalue weighted by Crippen LogP contribution is -2.40. The van der Waals surface area contributed by atoms with Gasteiger partial charge in [0.2, 0.25) is 11.9 Å². The van der Waals surface area contributed by atoms with Crippen LogP contribution >= 0.6 is 0 Å². The van der Waals surface area contributed by atoms with Gasteiger partial charge in [-0.25, -0.2) is 9.48 Å². The third-order valence-electron chi connectivity index (χ3n) is 5.60. The molecular weight excluding hydrogens is 418 g/mol. The van der Waals surface area contributed by atoms with Gasteiger partial charge in [0.05, 0.1) is 12.2 Å². The van der Waals surface area contributed by atoms with Gasteiger partial charge in [0.15, 0.2) is 0 Å². The van der Waals surface area contributed by atoms with Crippen molar-refractivity contribution in [3.8, 4) is 0 Å². The van der Waals surface area contributed by atoms with E-state index in [0.29, 0.717) is 22.9 Å². The molecule has 8 heteroatoms. The average Bonchev–Trinajstić information content (AvgIpc) is 3.25. The van der Waals surface area contributed by atoms with Crippen LogP contribution in [0.15, 0.2) is 66.1 Å². The van der Waals surface area contributed by atoms with Gasteiger partial charge in [-0.1, -0.05) is 42.0 Å². The van der Waals surface area contributed by atoms with Crippen molar-refractivity contribution in [3.05, 3.63) is 82.8 Å². The summed E-state index contributed by atoms with van der Waals surface area (Å²) in [5.74, 6) is -0.178. The van der Waals surface area contributed by atoms with E-state index in [1.165, 1.54) is 6.33 Å². The number of anilines is 2. The predicted octanol–water partition coefficient (Wildman–Crippen LogP) is 3.78. The van der Waals surface area contributed by atoms with Gasteiger partial charge in [-0.15, -0.1) is 0 Å². The van der Waals surface area contributed by atoms with Crippen molar-refractivity contribution in [2.75, 3.05) is 23.4 Å². The van der Waals surface area contributed by atoms with E-state index in [9.17, 15) is 9.59 Å². The number of ether oxygens (including phenoxy) is 1. The van der Waals surface area contributed by atoms with Gasteiger partial charge in [-0.3, -0.25) is 4.79 Å². The Kier molecular flexibility index (Phi) is 6.26. The van der Waals surface area contributed by atoms with Crippen LogP contribution in [0.2, 0.25) is 0 Å². The molecule has 1 aromatic heterocycles. The molecule has 2 aromatic carbocycles. The third-order valence-corrected chi connectivity index (χ3v) is 5.60. The summed E-state index contributed by atoms with van der Waals surface area (Å²) in [6, 6.07) is 15.0. The van der Waals surface area contributed by atoms with Crippen LogP contribution in [0.4, 0.5) is 11.6 Å². The highest BCUT2D eigenvalue weighted by Crippen LogP contribution is 2.38. The number of esters is 1. The Balaban J connectivity index is 1.73. The number of hydrogen-bond acceptors (Lipinski definition) is 6. The lowest BCUT2D eigenvalue weighted by Gasteiger charge is -2.35. The molecule has 0 aliphatic carbocycles. The second-order valence-electron chi connectivity index (χ2n) is 8.04. The summed E-state index contributed by atoms with van der Waals surface area (Å²) in [6.45, 7) is 7.77. The fourth-order valence-electron chi connectivity index (χ4n) is 4.02. The number of nitrogens with one attached hydrogen (secondary N) is 1. The van der Waals surface area contributed by atoms with Crippen molar-refractivity contribution in [2.24, 2.45) is 0 Å². The van der Waals surface area contributed by atoms with E-state index >= 15 is 0 Å². The first-order chi connectivity index (χ1) is 15.9. The van der Waals surface area contributed by atoms with Gasteiger partial charge in [0.1, 0.15) is 18.9 Å². The Morgan fingerprint density at radius 2 is 1.82 bits per heavy atom. The number of rotatable bonds is 6. The topological polar surface area (TPSA) is 89.3 Å². The highest BCUT2D eigenvalue weighted by molar-refractivity contribution is 5.96. The highest BCUT2D eigenvalue weighted by Gasteiger charge is 2.38. The normalized spacial score (nSPS) is 15.3. The minimum atomic E-state index is -0.502. The zero-order chi connectivity index (χ0) is 23.5. The molecule has 1 N–H and O–H groups in total. The summed E-state index contributed by atoms with van der Waals surface area (Å²) in [4.78, 5) is 32.1. The van der Waals surface area contributed by atoms with E-state index < -0.39 is 12.0 Å². The van der Waals surface area contributed by atoms with E-state index in [2.05, 4.69) is 15.4 Å². The van der Waals surface area contributed by atoms with Crippen molar-refractivity contribution < 1.29 is 14.3 Å². The van der Waals surface area contributed by atoms with Crippen LogP contribution in [0.3, 0.4) is 0 Å². The number of nitrogens with zero attached hydrogens (tertiary/aromatic N) is 4. The van der Waals surface area contributed by atoms with Crippen molar-refractivity contribution in [1.29, 1.82) is 0 Å². The van der Waals surface area contributed by atoms with E-state index in [1.54, 1.807) is 16.5 Å². The van der Waals surface area contributed by atoms with Crippen LogP contribution in [0.1, 0.15) is 36.6 Å². The molecule has 2 heterocycles. The first kappa shape index (κ1) is 22.3. The van der Waals surface area contributed by atoms with Crippen LogP contribution in [0.5, 0.6) is 0 Å². The number of benzene rings is 2. The first-order valence-corrected chi connectivity index (χ1v) is 10.9. The number of aromatic nitrogens is 3. The number of carbonyl (C=O) groups is 2. The molecule has 170 valence electrons. The van der Waals surface area contributed by atoms with Crippen molar-refractivity contribution in [1.82, 2.24) is 14.8 Å². The molecule has 1 aliphatic heterocycles. The number of aryl methyl sites for hydroxylation is 2. The van der Waals surface area contributed by atoms with Gasteiger partial charge in [-0.05, 0) is 51.0 Å². The fraction of sp³-hybridized carbons (Fsp3) is 0.280. The minimum absolute atomic E-state index is 0.0258. The molecule has 1 aliphatic rings. The molecule has 1 amide bonds. The SMILES string of the molecule is CCOC(=O)C1=C(C)N(CC(=O)Nc2cccc(C)c2)c2ncnn2[C@H]1c1ccc(C)cc1. The third kappa shape index (κ3) is 4.50. The van der Waals surface area contributed by atoms with Crippen molar-refractivity contribution in [2.45, 2.75) is 33.7 Å². The van der Waals surface area contributed by atoms with E-state index in [-0.39, 0.29) is 19.1 Å². The molecule has 0 saturated carbocycles. The lowest BCUT2D eigenvalue weighted by atomic mass is 9.94. The molecule has 0 saturated heterocycles. The summed E-state index contributed by atoms with van der Waals surface area (Å²) in [7, 11) is 0. The number of fused-ring (bicyclic) bond motifs is 1. The number of allylic oxidation sites excluding steroid dienone is 1. The van der Waals surface area contributed by atoms with E-state index in [0.717, 1.165) is 16.7 Å². The molecule has 0 fully saturated rings. The van der Waals surface area contributed by atoms with Gasteiger partial charge < -0.3 is 15.0 Å². The Bertz CT molecular complexity index is 1210. The molecule has 0 bridgehead atoms. The summed E-state index contributed by atoms with van der Waals surface area (Å²) >= 11 is 0. The smallest absolute Gasteiger partial charge is 0.338 e. The Hall–Kier alpha value is -3.94. The van der Waals surface area contributed by atoms with Crippen molar-refractivity contribution in [3.63, 3.8) is 0 Å². The summed E-state index contributed by atoms with van der Waals surface area (Å²) in [6.07, 6.45) is 1.43. The van der Waals surface area contributed by atoms with E-state index in [4.69, 9.17) is 4.74 Å². The molecule has 8 nitrogen and oxygen atoms in total. The summed E-state index contributed by atoms with van der Waals surface area (Å²) in [5, 5.41) is 7.32. The molecule has 33 heavy (non-hydrogen) atoms. The quantitative estimate of drug-likeness (QED) is 0.581. The molecular formula is C25H27N5O3. The maximum atomic E-state index is 13.1. The van der Waals surface area contributed by atoms with Gasteiger partial charge in [0.25, 0.3) is 0 Å². The van der Waals surface area contributed by atoms with Crippen LogP contribution in [0, 0.1) is 13.8 Å². The number of amides is 1. The Morgan fingerprint density at radius 3 is 2.52 bits per heavy atom. The first-order valence-electron chi connectivity index (χ1n) is 10.9. The minimum Gasteiger partial charge on any atom is -0.463 e. The second-order valence-corrected chi connectivity index (χ2v) is 8.04. The Morgan fingerprint density at radius 1 is 1.06 bits per heavy atom. The summed E-state index contributed by atoms with van der Waals surface area (Å²) < 4.78 is 7.07. The van der Waals surface area contributed by atoms with E-state index in [1.807, 2.05) is 69.3 Å². The zero-order valence-corrected chi connectivity index (χ0v) is 19.2. The standard InChI is InChI=1S/C25H27N5O3/c1-5-33-24(32)22-18(4)29(14-21(31)28-20-8-6-7-17(3)13-20)25-26-15-27-30(25)23(22)19-11-9-16(2)10-12-19/h6-13,15,23H,5,14H2,1-4H3,(H,28,31)/t23-/m0/s1. The monoisotopic (exact) mass is 445 g/mol. The molecule has 1 atom stereocenters. The zero-order valence-electron chi connectivity index (χ0n) is 19.2. The molecule has 0 radical (unpaired) electrons. The Labute approximate surface area is 192 Å². The molecule has 0 spiro atoms. The fourth-order valence-corrected chi connectivity index (χ4v) is 4.02. The average molecular weight is 446 g/mol. The largest absolute Gasteiger partial charge is 0.463 e. The number of hydrogen-bond donors (Lipinski definition) is 1. The second kappa shape index (κ2) is 9.28. The number of carbonyl (C=O) groups excluding carboxylic acids is 2. The molecule has 3 aromatic rings. The predicted molar refractivity (Wildman–Crippen MR) is 126 cm³/mol. The van der Waals surface area contributed by atoms with Crippen LogP contribution < -0.4 is 10.2 Å². The lowest BCUT2D eigenvalue weighted by molar-refractivity contribution is -0.139. The van der Waals surface area contributed by atoms with Crippen LogP contribution in [-0.2, 0) is 14.3 Å². The maximum Gasteiger partial charge on any atom is 0.338 e. The van der Waals surface area contributed by atoms with Crippen molar-refractivity contribution >= 4 is 23.5 Å².